The van der Waals surface area contributed by atoms with Gasteiger partial charge >= 0.3 is 0 Å². The van der Waals surface area contributed by atoms with Crippen LogP contribution in [-0.2, 0) is 0 Å². The van der Waals surface area contributed by atoms with Crippen LogP contribution in [0.3, 0.4) is 0 Å². The monoisotopic (exact) mass is 184 g/mol. The molecule has 2 N–H and O–H groups in total. The van der Waals surface area contributed by atoms with E-state index in [-0.39, 0.29) is 5.54 Å². The first-order chi connectivity index (χ1) is 5.93. The first-order valence-corrected chi connectivity index (χ1v) is 5.44. The van der Waals surface area contributed by atoms with Gasteiger partial charge in [-0.1, -0.05) is 13.8 Å². The molecule has 1 saturated heterocycles. The average Bonchev–Trinajstić information content (AvgIpc) is 2.30. The van der Waals surface area contributed by atoms with Gasteiger partial charge in [-0.25, -0.2) is 0 Å². The maximum absolute atomic E-state index is 3.71. The molecule has 0 amide bonds. The molecule has 2 heteroatoms. The van der Waals surface area contributed by atoms with Crippen LogP contribution in [0, 0.1) is 5.92 Å². The SMILES string of the molecule is CC(C)C(C)NC1CCNC1(C)C. The zero-order valence-electron chi connectivity index (χ0n) is 9.65. The predicted molar refractivity (Wildman–Crippen MR) is 57.9 cm³/mol. The highest BCUT2D eigenvalue weighted by Gasteiger charge is 2.34. The summed E-state index contributed by atoms with van der Waals surface area (Å²) in [5.74, 6) is 0.719. The molecule has 0 spiro atoms. The molecular weight excluding hydrogens is 160 g/mol. The Labute approximate surface area is 82.5 Å². The molecule has 2 atom stereocenters. The molecule has 0 bridgehead atoms. The molecule has 0 aromatic heterocycles. The summed E-state index contributed by atoms with van der Waals surface area (Å²) in [6.07, 6.45) is 1.25. The number of hydrogen-bond acceptors (Lipinski definition) is 2. The van der Waals surface area contributed by atoms with E-state index in [0.717, 1.165) is 12.5 Å². The van der Waals surface area contributed by atoms with Gasteiger partial charge in [0.15, 0.2) is 0 Å². The molecule has 0 aromatic carbocycles. The van der Waals surface area contributed by atoms with Crippen molar-refractivity contribution >= 4 is 0 Å². The van der Waals surface area contributed by atoms with Crippen LogP contribution in [0.1, 0.15) is 41.0 Å². The fourth-order valence-corrected chi connectivity index (χ4v) is 1.82. The van der Waals surface area contributed by atoms with Crippen LogP contribution in [0.2, 0.25) is 0 Å². The molecule has 0 saturated carbocycles. The molecule has 0 aliphatic carbocycles. The van der Waals surface area contributed by atoms with E-state index in [0.29, 0.717) is 12.1 Å². The third kappa shape index (κ3) is 2.68. The van der Waals surface area contributed by atoms with Gasteiger partial charge in [0.1, 0.15) is 0 Å². The van der Waals surface area contributed by atoms with Gasteiger partial charge in [0.25, 0.3) is 0 Å². The van der Waals surface area contributed by atoms with Gasteiger partial charge in [-0.3, -0.25) is 0 Å². The molecule has 2 unspecified atom stereocenters. The molecular formula is C11H24N2. The lowest BCUT2D eigenvalue weighted by Crippen LogP contribution is -2.52. The van der Waals surface area contributed by atoms with Gasteiger partial charge in [0, 0.05) is 17.6 Å². The van der Waals surface area contributed by atoms with E-state index in [4.69, 9.17) is 0 Å². The standard InChI is InChI=1S/C11H24N2/c1-8(2)9(3)13-10-6-7-12-11(10,4)5/h8-10,12-13H,6-7H2,1-5H3. The van der Waals surface area contributed by atoms with Gasteiger partial charge < -0.3 is 10.6 Å². The fourth-order valence-electron chi connectivity index (χ4n) is 1.82. The summed E-state index contributed by atoms with van der Waals surface area (Å²) in [4.78, 5) is 0. The van der Waals surface area contributed by atoms with Gasteiger partial charge in [-0.05, 0) is 39.7 Å². The number of rotatable bonds is 3. The second-order valence-electron chi connectivity index (χ2n) is 5.19. The van der Waals surface area contributed by atoms with Crippen molar-refractivity contribution in [1.82, 2.24) is 10.6 Å². The summed E-state index contributed by atoms with van der Waals surface area (Å²) in [6, 6.07) is 1.24. The van der Waals surface area contributed by atoms with Crippen LogP contribution in [0.5, 0.6) is 0 Å². The van der Waals surface area contributed by atoms with Gasteiger partial charge in [-0.2, -0.15) is 0 Å². The lowest BCUT2D eigenvalue weighted by molar-refractivity contribution is 0.296. The van der Waals surface area contributed by atoms with Crippen LogP contribution in [0.25, 0.3) is 0 Å². The Hall–Kier alpha value is -0.0800. The van der Waals surface area contributed by atoms with Gasteiger partial charge in [0.05, 0.1) is 0 Å². The first-order valence-electron chi connectivity index (χ1n) is 5.44. The third-order valence-corrected chi connectivity index (χ3v) is 3.35. The summed E-state index contributed by atoms with van der Waals surface area (Å²) in [5, 5.41) is 7.23. The fraction of sp³-hybridized carbons (Fsp3) is 1.00. The van der Waals surface area contributed by atoms with Crippen molar-refractivity contribution in [2.24, 2.45) is 5.92 Å². The van der Waals surface area contributed by atoms with Crippen LogP contribution in [0.15, 0.2) is 0 Å². The number of nitrogens with one attached hydrogen (secondary N) is 2. The molecule has 78 valence electrons. The van der Waals surface area contributed by atoms with E-state index in [1.54, 1.807) is 0 Å². The van der Waals surface area contributed by atoms with Crippen LogP contribution < -0.4 is 10.6 Å². The summed E-state index contributed by atoms with van der Waals surface area (Å²) in [5.41, 5.74) is 0.267. The molecule has 13 heavy (non-hydrogen) atoms. The minimum absolute atomic E-state index is 0.267. The zero-order chi connectivity index (χ0) is 10.1. The summed E-state index contributed by atoms with van der Waals surface area (Å²) in [7, 11) is 0. The van der Waals surface area contributed by atoms with E-state index in [9.17, 15) is 0 Å². The van der Waals surface area contributed by atoms with E-state index in [1.807, 2.05) is 0 Å². The average molecular weight is 184 g/mol. The Morgan fingerprint density at radius 1 is 1.31 bits per heavy atom. The van der Waals surface area contributed by atoms with Crippen molar-refractivity contribution < 1.29 is 0 Å². The molecule has 1 aliphatic heterocycles. The molecule has 0 aromatic rings. The highest BCUT2D eigenvalue weighted by atomic mass is 15.1. The van der Waals surface area contributed by atoms with Gasteiger partial charge in [0.2, 0.25) is 0 Å². The lowest BCUT2D eigenvalue weighted by Gasteiger charge is -2.32. The van der Waals surface area contributed by atoms with Crippen molar-refractivity contribution in [3.8, 4) is 0 Å². The second kappa shape index (κ2) is 3.97. The van der Waals surface area contributed by atoms with E-state index < -0.39 is 0 Å². The molecule has 1 rings (SSSR count). The lowest BCUT2D eigenvalue weighted by atomic mass is 9.94. The Morgan fingerprint density at radius 3 is 2.31 bits per heavy atom. The van der Waals surface area contributed by atoms with Gasteiger partial charge in [-0.15, -0.1) is 0 Å². The Balaban J connectivity index is 2.45. The first kappa shape index (κ1) is 11.0. The van der Waals surface area contributed by atoms with Crippen molar-refractivity contribution in [3.63, 3.8) is 0 Å². The Morgan fingerprint density at radius 2 is 1.92 bits per heavy atom. The smallest absolute Gasteiger partial charge is 0.0278 e. The maximum atomic E-state index is 3.71. The summed E-state index contributed by atoms with van der Waals surface area (Å²) in [6.45, 7) is 12.5. The predicted octanol–water partition coefficient (Wildman–Crippen LogP) is 1.76. The van der Waals surface area contributed by atoms with Crippen LogP contribution in [-0.4, -0.2) is 24.2 Å². The van der Waals surface area contributed by atoms with Crippen LogP contribution in [0.4, 0.5) is 0 Å². The highest BCUT2D eigenvalue weighted by molar-refractivity contribution is 4.98. The molecule has 1 aliphatic rings. The van der Waals surface area contributed by atoms with Crippen LogP contribution >= 0.6 is 0 Å². The normalized spacial score (nSPS) is 29.5. The zero-order valence-corrected chi connectivity index (χ0v) is 9.65. The number of hydrogen-bond donors (Lipinski definition) is 2. The second-order valence-corrected chi connectivity index (χ2v) is 5.19. The quantitative estimate of drug-likeness (QED) is 0.698. The van der Waals surface area contributed by atoms with E-state index >= 15 is 0 Å². The summed E-state index contributed by atoms with van der Waals surface area (Å²) < 4.78 is 0. The van der Waals surface area contributed by atoms with Crippen molar-refractivity contribution in [2.75, 3.05) is 6.54 Å². The maximum Gasteiger partial charge on any atom is 0.0278 e. The largest absolute Gasteiger partial charge is 0.310 e. The van der Waals surface area contributed by atoms with Crippen molar-refractivity contribution in [1.29, 1.82) is 0 Å². The molecule has 2 nitrogen and oxygen atoms in total. The molecule has 0 radical (unpaired) electrons. The van der Waals surface area contributed by atoms with E-state index in [2.05, 4.69) is 45.3 Å². The van der Waals surface area contributed by atoms with Crippen molar-refractivity contribution in [3.05, 3.63) is 0 Å². The topological polar surface area (TPSA) is 24.1 Å². The molecule has 1 fully saturated rings. The third-order valence-electron chi connectivity index (χ3n) is 3.35. The minimum atomic E-state index is 0.267. The highest BCUT2D eigenvalue weighted by Crippen LogP contribution is 2.19. The Kier molecular flexibility index (Phi) is 3.36. The summed E-state index contributed by atoms with van der Waals surface area (Å²) >= 11 is 0. The molecule has 1 heterocycles. The Bertz CT molecular complexity index is 163. The minimum Gasteiger partial charge on any atom is -0.310 e. The van der Waals surface area contributed by atoms with E-state index in [1.165, 1.54) is 6.42 Å². The van der Waals surface area contributed by atoms with Crippen molar-refractivity contribution in [2.45, 2.75) is 58.7 Å².